The molecule has 2 aromatic rings. The van der Waals surface area contributed by atoms with Crippen molar-refractivity contribution in [3.05, 3.63) is 47.8 Å². The summed E-state index contributed by atoms with van der Waals surface area (Å²) in [5.74, 6) is -0.0651. The Morgan fingerprint density at radius 2 is 2.08 bits per heavy atom. The van der Waals surface area contributed by atoms with E-state index in [0.717, 1.165) is 11.3 Å². The minimum Gasteiger partial charge on any atom is -0.382 e. The van der Waals surface area contributed by atoms with E-state index in [1.54, 1.807) is 11.8 Å². The molecule has 0 spiro atoms. The van der Waals surface area contributed by atoms with Gasteiger partial charge < -0.3 is 14.4 Å². The van der Waals surface area contributed by atoms with Gasteiger partial charge in [-0.1, -0.05) is 18.2 Å². The number of ether oxygens (including phenoxy) is 2. The Hall–Kier alpha value is -2.18. The van der Waals surface area contributed by atoms with Gasteiger partial charge in [0.25, 0.3) is 5.91 Å². The fourth-order valence-electron chi connectivity index (χ4n) is 3.26. The highest BCUT2D eigenvalue weighted by molar-refractivity contribution is 5.93. The molecule has 0 N–H and O–H groups in total. The van der Waals surface area contributed by atoms with Crippen molar-refractivity contribution in [2.75, 3.05) is 26.8 Å². The Balaban J connectivity index is 1.84. The first kappa shape index (κ1) is 17.6. The second kappa shape index (κ2) is 6.98. The van der Waals surface area contributed by atoms with Crippen molar-refractivity contribution in [3.8, 4) is 5.69 Å². The predicted molar refractivity (Wildman–Crippen MR) is 95.0 cm³/mol. The monoisotopic (exact) mass is 343 g/mol. The third-order valence-electron chi connectivity index (χ3n) is 4.24. The number of rotatable bonds is 4. The van der Waals surface area contributed by atoms with E-state index in [1.165, 1.54) is 0 Å². The molecule has 0 bridgehead atoms. The molecule has 134 valence electrons. The summed E-state index contributed by atoms with van der Waals surface area (Å²) in [7, 11) is 1.64. The summed E-state index contributed by atoms with van der Waals surface area (Å²) in [5.41, 5.74) is 1.87. The fourth-order valence-corrected chi connectivity index (χ4v) is 3.26. The van der Waals surface area contributed by atoms with Crippen LogP contribution in [0.15, 0.2) is 36.5 Å². The van der Waals surface area contributed by atoms with E-state index in [2.05, 4.69) is 5.10 Å². The molecule has 1 aliphatic rings. The van der Waals surface area contributed by atoms with Crippen molar-refractivity contribution in [2.24, 2.45) is 0 Å². The van der Waals surface area contributed by atoms with Crippen LogP contribution in [0.2, 0.25) is 0 Å². The maximum Gasteiger partial charge on any atom is 0.274 e. The van der Waals surface area contributed by atoms with Crippen LogP contribution >= 0.6 is 0 Å². The molecule has 6 nitrogen and oxygen atoms in total. The zero-order chi connectivity index (χ0) is 18.0. The van der Waals surface area contributed by atoms with Gasteiger partial charge in [-0.2, -0.15) is 5.10 Å². The smallest absolute Gasteiger partial charge is 0.274 e. The van der Waals surface area contributed by atoms with Gasteiger partial charge in [-0.25, -0.2) is 4.68 Å². The molecule has 0 aliphatic carbocycles. The number of methoxy groups -OCH3 is 1. The summed E-state index contributed by atoms with van der Waals surface area (Å²) < 4.78 is 13.0. The predicted octanol–water partition coefficient (Wildman–Crippen LogP) is 2.45. The third kappa shape index (κ3) is 3.91. The van der Waals surface area contributed by atoms with E-state index in [9.17, 15) is 4.79 Å². The first-order chi connectivity index (χ1) is 11.9. The number of aromatic nitrogens is 2. The van der Waals surface area contributed by atoms with Crippen molar-refractivity contribution >= 4 is 5.91 Å². The van der Waals surface area contributed by atoms with Gasteiger partial charge in [-0.15, -0.1) is 0 Å². The topological polar surface area (TPSA) is 56.6 Å². The van der Waals surface area contributed by atoms with Gasteiger partial charge in [0, 0.05) is 32.0 Å². The van der Waals surface area contributed by atoms with Gasteiger partial charge in [-0.05, 0) is 32.9 Å². The zero-order valence-electron chi connectivity index (χ0n) is 15.2. The molecule has 1 aliphatic heterocycles. The first-order valence-electron chi connectivity index (χ1n) is 8.47. The average molecular weight is 343 g/mol. The lowest BCUT2D eigenvalue weighted by molar-refractivity contribution is -0.143. The van der Waals surface area contributed by atoms with Crippen LogP contribution in [-0.2, 0) is 9.47 Å². The number of carbonyl (C=O) groups is 1. The van der Waals surface area contributed by atoms with Crippen molar-refractivity contribution in [2.45, 2.75) is 32.5 Å². The summed E-state index contributed by atoms with van der Waals surface area (Å²) in [6.07, 6.45) is 1.76. The number of carbonyl (C=O) groups excluding carboxylic acids is 1. The number of morpholine rings is 1. The number of benzene rings is 1. The normalized spacial score (nSPS) is 19.8. The number of amides is 1. The second-order valence-corrected chi connectivity index (χ2v) is 7.08. The van der Waals surface area contributed by atoms with E-state index in [0.29, 0.717) is 25.4 Å². The van der Waals surface area contributed by atoms with Gasteiger partial charge in [0.05, 0.1) is 24.0 Å². The number of nitrogens with zero attached hydrogens (tertiary/aromatic N) is 3. The molecule has 0 unspecified atom stereocenters. The maximum absolute atomic E-state index is 13.1. The second-order valence-electron chi connectivity index (χ2n) is 7.08. The van der Waals surface area contributed by atoms with Crippen LogP contribution in [0.4, 0.5) is 0 Å². The standard InChI is InChI=1S/C19H25N3O3/c1-14-10-22(15-8-6-5-7-9-15)20-17(14)18(23)21-11-16(12-24-4)25-19(2,3)13-21/h5-10,16H,11-13H2,1-4H3/t16-/m1/s1. The molecule has 1 aromatic carbocycles. The lowest BCUT2D eigenvalue weighted by atomic mass is 10.0. The van der Waals surface area contributed by atoms with Crippen molar-refractivity contribution < 1.29 is 14.3 Å². The fraction of sp³-hybridized carbons (Fsp3) is 0.474. The summed E-state index contributed by atoms with van der Waals surface area (Å²) in [6.45, 7) is 7.40. The Kier molecular flexibility index (Phi) is 4.92. The molecule has 0 radical (unpaired) electrons. The Labute approximate surface area is 148 Å². The van der Waals surface area contributed by atoms with Gasteiger partial charge in [0.15, 0.2) is 5.69 Å². The Morgan fingerprint density at radius 3 is 2.76 bits per heavy atom. The lowest BCUT2D eigenvalue weighted by Gasteiger charge is -2.42. The van der Waals surface area contributed by atoms with E-state index >= 15 is 0 Å². The van der Waals surface area contributed by atoms with E-state index < -0.39 is 5.60 Å². The lowest BCUT2D eigenvalue weighted by Crippen LogP contribution is -2.55. The highest BCUT2D eigenvalue weighted by atomic mass is 16.5. The minimum atomic E-state index is -0.410. The number of hydrogen-bond acceptors (Lipinski definition) is 4. The van der Waals surface area contributed by atoms with Crippen LogP contribution < -0.4 is 0 Å². The molecular formula is C19H25N3O3. The summed E-state index contributed by atoms with van der Waals surface area (Å²) in [4.78, 5) is 14.9. The molecule has 25 heavy (non-hydrogen) atoms. The van der Waals surface area contributed by atoms with Gasteiger partial charge >= 0.3 is 0 Å². The Bertz CT molecular complexity index is 740. The van der Waals surface area contributed by atoms with Crippen LogP contribution in [0.3, 0.4) is 0 Å². The SMILES string of the molecule is COC[C@H]1CN(C(=O)c2nn(-c3ccccc3)cc2C)CC(C)(C)O1. The van der Waals surface area contributed by atoms with Gasteiger partial charge in [-0.3, -0.25) is 4.79 Å². The molecule has 1 aromatic heterocycles. The van der Waals surface area contributed by atoms with Crippen LogP contribution in [-0.4, -0.2) is 59.1 Å². The van der Waals surface area contributed by atoms with Crippen LogP contribution in [0.25, 0.3) is 5.69 Å². The van der Waals surface area contributed by atoms with E-state index in [-0.39, 0.29) is 12.0 Å². The van der Waals surface area contributed by atoms with E-state index in [1.807, 2.05) is 62.2 Å². The highest BCUT2D eigenvalue weighted by Gasteiger charge is 2.37. The minimum absolute atomic E-state index is 0.0651. The average Bonchev–Trinajstić information content (AvgIpc) is 2.95. The molecule has 1 saturated heterocycles. The number of aryl methyl sites for hydroxylation is 1. The quantitative estimate of drug-likeness (QED) is 0.856. The van der Waals surface area contributed by atoms with Crippen LogP contribution in [0, 0.1) is 6.92 Å². The first-order valence-corrected chi connectivity index (χ1v) is 8.47. The molecule has 1 fully saturated rings. The summed E-state index contributed by atoms with van der Waals surface area (Å²) in [5, 5.41) is 4.53. The molecular weight excluding hydrogens is 318 g/mol. The summed E-state index contributed by atoms with van der Waals surface area (Å²) in [6, 6.07) is 9.79. The highest BCUT2D eigenvalue weighted by Crippen LogP contribution is 2.23. The molecule has 6 heteroatoms. The van der Waals surface area contributed by atoms with Crippen LogP contribution in [0.5, 0.6) is 0 Å². The van der Waals surface area contributed by atoms with Crippen molar-refractivity contribution in [1.29, 1.82) is 0 Å². The largest absolute Gasteiger partial charge is 0.382 e. The molecule has 1 atom stereocenters. The van der Waals surface area contributed by atoms with Crippen molar-refractivity contribution in [3.63, 3.8) is 0 Å². The molecule has 2 heterocycles. The molecule has 0 saturated carbocycles. The number of hydrogen-bond donors (Lipinski definition) is 0. The number of para-hydroxylation sites is 1. The zero-order valence-corrected chi connectivity index (χ0v) is 15.2. The van der Waals surface area contributed by atoms with Gasteiger partial charge in [0.2, 0.25) is 0 Å². The van der Waals surface area contributed by atoms with Crippen LogP contribution in [0.1, 0.15) is 29.9 Å². The third-order valence-corrected chi connectivity index (χ3v) is 4.24. The molecule has 3 rings (SSSR count). The maximum atomic E-state index is 13.1. The summed E-state index contributed by atoms with van der Waals surface area (Å²) >= 11 is 0. The Morgan fingerprint density at radius 1 is 1.36 bits per heavy atom. The van der Waals surface area contributed by atoms with E-state index in [4.69, 9.17) is 9.47 Å². The van der Waals surface area contributed by atoms with Gasteiger partial charge in [0.1, 0.15) is 0 Å². The molecule has 1 amide bonds. The van der Waals surface area contributed by atoms with Crippen molar-refractivity contribution in [1.82, 2.24) is 14.7 Å².